The summed E-state index contributed by atoms with van der Waals surface area (Å²) in [5, 5.41) is 1.18. The van der Waals surface area contributed by atoms with Crippen LogP contribution in [0, 0.1) is 35.1 Å². The zero-order valence-electron chi connectivity index (χ0n) is 18.6. The predicted molar refractivity (Wildman–Crippen MR) is 126 cm³/mol. The minimum Gasteiger partial charge on any atom is -0.384 e. The molecule has 0 aliphatic carbocycles. The molecular weight excluding hydrogens is 440 g/mol. The highest BCUT2D eigenvalue weighted by Gasteiger charge is 2.11. The number of hydrogen-bond acceptors (Lipinski definition) is 1. The largest absolute Gasteiger partial charge is 0.384 e. The van der Waals surface area contributed by atoms with E-state index in [1.807, 2.05) is 24.3 Å². The van der Waals surface area contributed by atoms with Gasteiger partial charge in [0.2, 0.25) is 0 Å². The maximum atomic E-state index is 14.4. The molecule has 0 aromatic heterocycles. The summed E-state index contributed by atoms with van der Waals surface area (Å²) in [5.41, 5.74) is 3.05. The average molecular weight is 462 g/mol. The molecule has 0 aliphatic heterocycles. The molecule has 0 heterocycles. The van der Waals surface area contributed by atoms with Crippen molar-refractivity contribution < 1.29 is 22.3 Å². The second-order valence-electron chi connectivity index (χ2n) is 8.06. The lowest BCUT2D eigenvalue weighted by atomic mass is 10.0. The molecule has 0 amide bonds. The molecule has 0 spiro atoms. The zero-order valence-corrected chi connectivity index (χ0v) is 18.6. The van der Waals surface area contributed by atoms with Gasteiger partial charge in [-0.2, -0.15) is 0 Å². The van der Waals surface area contributed by atoms with Crippen molar-refractivity contribution in [3.8, 4) is 11.8 Å². The summed E-state index contributed by atoms with van der Waals surface area (Å²) in [6.07, 6.45) is 1.20. The van der Waals surface area contributed by atoms with Crippen LogP contribution >= 0.6 is 0 Å². The summed E-state index contributed by atoms with van der Waals surface area (Å²) in [6, 6.07) is 17.7. The summed E-state index contributed by atoms with van der Waals surface area (Å²) in [7, 11) is 1.55. The number of halogens is 4. The summed E-state index contributed by atoms with van der Waals surface area (Å²) in [4.78, 5) is 0. The van der Waals surface area contributed by atoms with Crippen molar-refractivity contribution in [2.45, 2.75) is 19.3 Å². The van der Waals surface area contributed by atoms with Crippen molar-refractivity contribution in [2.24, 2.45) is 0 Å². The average Bonchev–Trinajstić information content (AvgIpc) is 2.82. The lowest BCUT2D eigenvalue weighted by Crippen LogP contribution is -2.03. The molecule has 0 aliphatic rings. The van der Waals surface area contributed by atoms with Crippen LogP contribution in [-0.4, -0.2) is 13.7 Å². The topological polar surface area (TPSA) is 9.23 Å². The highest BCUT2D eigenvalue weighted by Crippen LogP contribution is 2.21. The van der Waals surface area contributed by atoms with E-state index in [4.69, 9.17) is 4.74 Å². The first-order chi connectivity index (χ1) is 16.4. The van der Waals surface area contributed by atoms with Crippen LogP contribution in [0.3, 0.4) is 0 Å². The van der Waals surface area contributed by atoms with Gasteiger partial charge in [0, 0.05) is 23.8 Å². The molecule has 0 N–H and O–H groups in total. The van der Waals surface area contributed by atoms with Crippen LogP contribution in [0.4, 0.5) is 17.6 Å². The van der Waals surface area contributed by atoms with E-state index in [0.29, 0.717) is 41.3 Å². The molecule has 0 saturated heterocycles. The molecule has 5 heteroatoms. The minimum absolute atomic E-state index is 0.0812. The van der Waals surface area contributed by atoms with E-state index in [-0.39, 0.29) is 12.0 Å². The molecule has 1 nitrogen and oxygen atoms in total. The third-order valence-electron chi connectivity index (χ3n) is 5.64. The number of fused-ring (bicyclic) bond motifs is 1. The van der Waals surface area contributed by atoms with Crippen LogP contribution < -0.4 is 0 Å². The van der Waals surface area contributed by atoms with Gasteiger partial charge in [0.25, 0.3) is 0 Å². The molecule has 34 heavy (non-hydrogen) atoms. The second-order valence-corrected chi connectivity index (χ2v) is 8.06. The van der Waals surface area contributed by atoms with Gasteiger partial charge in [0.1, 0.15) is 11.6 Å². The quantitative estimate of drug-likeness (QED) is 0.227. The SMILES string of the molecule is COCCc1cc(F)c(CCc2ccc(C#Cc3ccc4cc(F)c(F)cc4c3)cc2)c(F)c1. The normalized spacial score (nSPS) is 10.9. The van der Waals surface area contributed by atoms with Crippen LogP contribution in [0.1, 0.15) is 27.8 Å². The second kappa shape index (κ2) is 10.5. The van der Waals surface area contributed by atoms with Gasteiger partial charge < -0.3 is 4.74 Å². The van der Waals surface area contributed by atoms with Gasteiger partial charge in [0.05, 0.1) is 6.61 Å². The maximum absolute atomic E-state index is 14.4. The third-order valence-corrected chi connectivity index (χ3v) is 5.64. The van der Waals surface area contributed by atoms with Gasteiger partial charge in [-0.1, -0.05) is 30.0 Å². The molecule has 0 fully saturated rings. The third kappa shape index (κ3) is 5.65. The molecule has 0 atom stereocenters. The zero-order chi connectivity index (χ0) is 24.1. The van der Waals surface area contributed by atoms with E-state index in [1.165, 1.54) is 12.1 Å². The first-order valence-electron chi connectivity index (χ1n) is 10.9. The van der Waals surface area contributed by atoms with Crippen molar-refractivity contribution >= 4 is 10.8 Å². The number of benzene rings is 4. The van der Waals surface area contributed by atoms with E-state index in [0.717, 1.165) is 23.3 Å². The molecule has 0 saturated carbocycles. The molecule has 4 aromatic carbocycles. The monoisotopic (exact) mass is 462 g/mol. The Labute approximate surface area is 196 Å². The molecule has 4 rings (SSSR count). The van der Waals surface area contributed by atoms with Crippen molar-refractivity contribution in [1.29, 1.82) is 0 Å². The Bertz CT molecular complexity index is 1360. The van der Waals surface area contributed by atoms with Crippen molar-refractivity contribution in [2.75, 3.05) is 13.7 Å². The van der Waals surface area contributed by atoms with E-state index in [9.17, 15) is 17.6 Å². The number of methoxy groups -OCH3 is 1. The number of aryl methyl sites for hydroxylation is 1. The lowest BCUT2D eigenvalue weighted by Gasteiger charge is -2.08. The Morgan fingerprint density at radius 1 is 0.588 bits per heavy atom. The van der Waals surface area contributed by atoms with E-state index >= 15 is 0 Å². The molecule has 0 radical (unpaired) electrons. The number of ether oxygens (including phenoxy) is 1. The van der Waals surface area contributed by atoms with Gasteiger partial charge >= 0.3 is 0 Å². The van der Waals surface area contributed by atoms with Gasteiger partial charge in [-0.25, -0.2) is 17.6 Å². The Hall–Kier alpha value is -3.62. The molecule has 0 unspecified atom stereocenters. The van der Waals surface area contributed by atoms with Crippen LogP contribution in [0.15, 0.2) is 66.7 Å². The highest BCUT2D eigenvalue weighted by atomic mass is 19.2. The van der Waals surface area contributed by atoms with Crippen molar-refractivity contribution in [3.05, 3.63) is 118 Å². The van der Waals surface area contributed by atoms with Gasteiger partial charge in [-0.05, 0) is 89.7 Å². The standard InChI is InChI=1S/C29H22F4O/c1-34-13-12-22-15-26(30)25(27(31)16-22)11-9-20-4-2-19(3-5-20)6-7-21-8-10-23-17-28(32)29(33)18-24(23)14-21/h2-5,8,10,14-18H,9,11-13H2,1H3. The Morgan fingerprint density at radius 3 is 1.88 bits per heavy atom. The summed E-state index contributed by atoms with van der Waals surface area (Å²) >= 11 is 0. The molecule has 4 aromatic rings. The first-order valence-corrected chi connectivity index (χ1v) is 10.9. The minimum atomic E-state index is -0.894. The molecule has 0 bridgehead atoms. The van der Waals surface area contributed by atoms with E-state index < -0.39 is 23.3 Å². The van der Waals surface area contributed by atoms with Crippen LogP contribution in [-0.2, 0) is 24.0 Å². The highest BCUT2D eigenvalue weighted by molar-refractivity contribution is 5.84. The van der Waals surface area contributed by atoms with E-state index in [1.54, 1.807) is 25.3 Å². The Kier molecular flexibility index (Phi) is 7.30. The van der Waals surface area contributed by atoms with Crippen LogP contribution in [0.25, 0.3) is 10.8 Å². The van der Waals surface area contributed by atoms with Crippen LogP contribution in [0.2, 0.25) is 0 Å². The summed E-state index contributed by atoms with van der Waals surface area (Å²) in [6.45, 7) is 0.410. The van der Waals surface area contributed by atoms with Crippen molar-refractivity contribution in [1.82, 2.24) is 0 Å². The Balaban J connectivity index is 1.42. The fraction of sp³-hybridized carbons (Fsp3) is 0.172. The smallest absolute Gasteiger partial charge is 0.159 e. The lowest BCUT2D eigenvalue weighted by molar-refractivity contribution is 0.202. The number of hydrogen-bond donors (Lipinski definition) is 0. The van der Waals surface area contributed by atoms with Gasteiger partial charge in [-0.15, -0.1) is 0 Å². The van der Waals surface area contributed by atoms with Gasteiger partial charge in [-0.3, -0.25) is 0 Å². The summed E-state index contributed by atoms with van der Waals surface area (Å²) in [5.74, 6) is 3.23. The summed E-state index contributed by atoms with van der Waals surface area (Å²) < 4.78 is 60.5. The first kappa shape index (κ1) is 23.5. The Morgan fingerprint density at radius 2 is 1.21 bits per heavy atom. The molecular formula is C29H22F4O. The van der Waals surface area contributed by atoms with E-state index in [2.05, 4.69) is 11.8 Å². The van der Waals surface area contributed by atoms with Crippen molar-refractivity contribution in [3.63, 3.8) is 0 Å². The fourth-order valence-corrected chi connectivity index (χ4v) is 3.75. The predicted octanol–water partition coefficient (Wildman–Crippen LogP) is 6.77. The maximum Gasteiger partial charge on any atom is 0.159 e. The molecule has 172 valence electrons. The van der Waals surface area contributed by atoms with Crippen LogP contribution in [0.5, 0.6) is 0 Å². The van der Waals surface area contributed by atoms with Gasteiger partial charge in [0.15, 0.2) is 11.6 Å². The number of rotatable bonds is 6. The fourth-order valence-electron chi connectivity index (χ4n) is 3.75.